The average Bonchev–Trinajstić information content (AvgIpc) is 2.41. The van der Waals surface area contributed by atoms with Gasteiger partial charge in [-0.15, -0.1) is 0 Å². The highest BCUT2D eigenvalue weighted by Gasteiger charge is 2.32. The first-order valence-electron chi connectivity index (χ1n) is 5.48. The van der Waals surface area contributed by atoms with Crippen molar-refractivity contribution in [3.8, 4) is 11.6 Å². The highest BCUT2D eigenvalue weighted by molar-refractivity contribution is 9.10. The lowest BCUT2D eigenvalue weighted by atomic mass is 10.2. The van der Waals surface area contributed by atoms with Crippen LogP contribution >= 0.6 is 27.5 Å². The fourth-order valence-electron chi connectivity index (χ4n) is 1.46. The minimum atomic E-state index is -4.55. The minimum Gasteiger partial charge on any atom is -0.437 e. The van der Waals surface area contributed by atoms with Gasteiger partial charge in [0.05, 0.1) is 10.6 Å². The molecular weight excluding hydrogens is 375 g/mol. The molecule has 1 aromatic heterocycles. The van der Waals surface area contributed by atoms with Gasteiger partial charge < -0.3 is 10.2 Å². The Labute approximate surface area is 131 Å². The standard InChI is InChI=1S/C12H8BrClF3N3O/c13-7-1-2-8(14)9(5-7)21-11-4-6(12(15,16)17)3-10(19-11)20-18/h1-5H,18H2,(H,19,20). The number of ether oxygens (including phenoxy) is 1. The molecular formula is C12H8BrClF3N3O. The Balaban J connectivity index is 2.42. The topological polar surface area (TPSA) is 60.2 Å². The van der Waals surface area contributed by atoms with E-state index in [1.807, 2.05) is 0 Å². The van der Waals surface area contributed by atoms with E-state index in [1.54, 1.807) is 6.07 Å². The zero-order valence-corrected chi connectivity index (χ0v) is 12.6. The van der Waals surface area contributed by atoms with Gasteiger partial charge in [-0.05, 0) is 24.3 Å². The third kappa shape index (κ3) is 3.99. The average molecular weight is 383 g/mol. The van der Waals surface area contributed by atoms with E-state index in [2.05, 4.69) is 26.3 Å². The van der Waals surface area contributed by atoms with Crippen molar-refractivity contribution in [2.75, 3.05) is 5.43 Å². The number of nitrogen functional groups attached to an aromatic ring is 1. The Morgan fingerprint density at radius 1 is 1.24 bits per heavy atom. The van der Waals surface area contributed by atoms with Crippen molar-refractivity contribution in [2.24, 2.45) is 5.84 Å². The molecule has 0 bridgehead atoms. The van der Waals surface area contributed by atoms with Crippen LogP contribution in [0.5, 0.6) is 11.6 Å². The van der Waals surface area contributed by atoms with E-state index in [1.165, 1.54) is 12.1 Å². The molecule has 0 fully saturated rings. The number of hydrogen-bond donors (Lipinski definition) is 2. The van der Waals surface area contributed by atoms with Gasteiger partial charge >= 0.3 is 6.18 Å². The summed E-state index contributed by atoms with van der Waals surface area (Å²) in [6.07, 6.45) is -4.55. The van der Waals surface area contributed by atoms with E-state index in [9.17, 15) is 13.2 Å². The number of alkyl halides is 3. The molecule has 0 aliphatic rings. The number of rotatable bonds is 3. The predicted octanol–water partition coefficient (Wildman–Crippen LogP) is 4.59. The molecule has 9 heteroatoms. The van der Waals surface area contributed by atoms with Crippen LogP contribution in [0.15, 0.2) is 34.8 Å². The fraction of sp³-hybridized carbons (Fsp3) is 0.0833. The molecule has 21 heavy (non-hydrogen) atoms. The predicted molar refractivity (Wildman–Crippen MR) is 76.3 cm³/mol. The van der Waals surface area contributed by atoms with Gasteiger partial charge in [-0.2, -0.15) is 18.2 Å². The lowest BCUT2D eigenvalue weighted by Crippen LogP contribution is -2.12. The summed E-state index contributed by atoms with van der Waals surface area (Å²) in [5.74, 6) is 4.82. The summed E-state index contributed by atoms with van der Waals surface area (Å²) in [7, 11) is 0. The summed E-state index contributed by atoms with van der Waals surface area (Å²) in [4.78, 5) is 3.80. The maximum absolute atomic E-state index is 12.8. The summed E-state index contributed by atoms with van der Waals surface area (Å²) in [5.41, 5.74) is 1.12. The smallest absolute Gasteiger partial charge is 0.416 e. The van der Waals surface area contributed by atoms with Gasteiger partial charge in [0.1, 0.15) is 11.6 Å². The van der Waals surface area contributed by atoms with Crippen LogP contribution in [-0.4, -0.2) is 4.98 Å². The molecule has 3 N–H and O–H groups in total. The third-order valence-corrected chi connectivity index (χ3v) is 3.19. The van der Waals surface area contributed by atoms with Crippen molar-refractivity contribution in [3.05, 3.63) is 45.4 Å². The second kappa shape index (κ2) is 6.08. The van der Waals surface area contributed by atoms with Crippen LogP contribution < -0.4 is 16.0 Å². The van der Waals surface area contributed by atoms with Gasteiger partial charge in [-0.25, -0.2) is 5.84 Å². The van der Waals surface area contributed by atoms with Crippen LogP contribution in [0.1, 0.15) is 5.56 Å². The van der Waals surface area contributed by atoms with E-state index in [0.29, 0.717) is 4.47 Å². The Kier molecular flexibility index (Phi) is 4.60. The van der Waals surface area contributed by atoms with Crippen LogP contribution in [-0.2, 0) is 6.18 Å². The van der Waals surface area contributed by atoms with Gasteiger partial charge in [-0.3, -0.25) is 0 Å². The minimum absolute atomic E-state index is 0.167. The molecule has 2 aromatic rings. The zero-order valence-electron chi connectivity index (χ0n) is 10.2. The molecule has 0 atom stereocenters. The van der Waals surface area contributed by atoms with Crippen molar-refractivity contribution in [3.63, 3.8) is 0 Å². The molecule has 0 saturated carbocycles. The van der Waals surface area contributed by atoms with E-state index < -0.39 is 11.7 Å². The lowest BCUT2D eigenvalue weighted by molar-refractivity contribution is -0.137. The molecule has 1 aromatic carbocycles. The van der Waals surface area contributed by atoms with Gasteiger partial charge in [0.15, 0.2) is 0 Å². The number of hydrogen-bond acceptors (Lipinski definition) is 4. The maximum atomic E-state index is 12.8. The molecule has 0 spiro atoms. The van der Waals surface area contributed by atoms with Crippen LogP contribution in [0.2, 0.25) is 5.02 Å². The van der Waals surface area contributed by atoms with Crippen molar-refractivity contribution in [1.29, 1.82) is 0 Å². The quantitative estimate of drug-likeness (QED) is 0.602. The Morgan fingerprint density at radius 3 is 2.57 bits per heavy atom. The van der Waals surface area contributed by atoms with Gasteiger partial charge in [0.25, 0.3) is 0 Å². The van der Waals surface area contributed by atoms with Crippen molar-refractivity contribution in [1.82, 2.24) is 4.98 Å². The summed E-state index contributed by atoms with van der Waals surface area (Å²) < 4.78 is 44.3. The first-order valence-corrected chi connectivity index (χ1v) is 6.65. The zero-order chi connectivity index (χ0) is 15.6. The first kappa shape index (κ1) is 15.9. The van der Waals surface area contributed by atoms with Crippen molar-refractivity contribution < 1.29 is 17.9 Å². The SMILES string of the molecule is NNc1cc(C(F)(F)F)cc(Oc2cc(Br)ccc2Cl)n1. The largest absolute Gasteiger partial charge is 0.437 e. The number of halogens is 5. The highest BCUT2D eigenvalue weighted by atomic mass is 79.9. The van der Waals surface area contributed by atoms with E-state index in [-0.39, 0.29) is 22.5 Å². The second-order valence-corrected chi connectivity index (χ2v) is 5.22. The summed E-state index contributed by atoms with van der Waals surface area (Å²) in [6, 6.07) is 6.26. The number of benzene rings is 1. The van der Waals surface area contributed by atoms with Crippen LogP contribution in [0.3, 0.4) is 0 Å². The monoisotopic (exact) mass is 381 g/mol. The highest BCUT2D eigenvalue weighted by Crippen LogP contribution is 2.36. The van der Waals surface area contributed by atoms with E-state index >= 15 is 0 Å². The van der Waals surface area contributed by atoms with Crippen LogP contribution in [0.4, 0.5) is 19.0 Å². The number of nitrogens with zero attached hydrogens (tertiary/aromatic N) is 1. The van der Waals surface area contributed by atoms with Gasteiger partial charge in [0, 0.05) is 10.5 Å². The fourth-order valence-corrected chi connectivity index (χ4v) is 1.96. The molecule has 0 aliphatic carbocycles. The molecule has 1 heterocycles. The summed E-state index contributed by atoms with van der Waals surface area (Å²) >= 11 is 9.13. The number of nitrogens with one attached hydrogen (secondary N) is 1. The Morgan fingerprint density at radius 2 is 1.95 bits per heavy atom. The molecule has 2 rings (SSSR count). The third-order valence-electron chi connectivity index (χ3n) is 2.38. The van der Waals surface area contributed by atoms with Crippen molar-refractivity contribution in [2.45, 2.75) is 6.18 Å². The van der Waals surface area contributed by atoms with E-state index in [4.69, 9.17) is 22.2 Å². The van der Waals surface area contributed by atoms with Crippen LogP contribution in [0.25, 0.3) is 0 Å². The molecule has 4 nitrogen and oxygen atoms in total. The number of hydrazine groups is 1. The Hall–Kier alpha value is -1.51. The molecule has 0 saturated heterocycles. The molecule has 0 unspecified atom stereocenters. The van der Waals surface area contributed by atoms with Gasteiger partial charge in [0.2, 0.25) is 5.88 Å². The lowest BCUT2D eigenvalue weighted by Gasteiger charge is -2.12. The molecule has 0 amide bonds. The molecule has 112 valence electrons. The maximum Gasteiger partial charge on any atom is 0.416 e. The summed E-state index contributed by atoms with van der Waals surface area (Å²) in [5, 5.41) is 0.236. The van der Waals surface area contributed by atoms with Gasteiger partial charge in [-0.1, -0.05) is 27.5 Å². The Bertz CT molecular complexity index is 667. The summed E-state index contributed by atoms with van der Waals surface area (Å²) in [6.45, 7) is 0. The first-order chi connectivity index (χ1) is 9.79. The number of pyridine rings is 1. The van der Waals surface area contributed by atoms with E-state index in [0.717, 1.165) is 12.1 Å². The number of aromatic nitrogens is 1. The number of anilines is 1. The molecule has 0 radical (unpaired) electrons. The van der Waals surface area contributed by atoms with Crippen LogP contribution in [0, 0.1) is 0 Å². The normalized spacial score (nSPS) is 11.3. The van der Waals surface area contributed by atoms with Crippen molar-refractivity contribution >= 4 is 33.3 Å². The molecule has 0 aliphatic heterocycles. The number of nitrogens with two attached hydrogens (primary N) is 1. The second-order valence-electron chi connectivity index (χ2n) is 3.90.